The number of ether oxygens (including phenoxy) is 1. The average Bonchev–Trinajstić information content (AvgIpc) is 3.36. The second-order valence-electron chi connectivity index (χ2n) is 8.17. The molecular weight excluding hydrogens is 449 g/mol. The maximum Gasteiger partial charge on any atom is 0.322 e. The van der Waals surface area contributed by atoms with Gasteiger partial charge in [-0.2, -0.15) is 0 Å². The van der Waals surface area contributed by atoms with Crippen LogP contribution in [0.1, 0.15) is 30.2 Å². The number of nitrogens with one attached hydrogen (secondary N) is 1. The van der Waals surface area contributed by atoms with Gasteiger partial charge in [-0.1, -0.05) is 30.3 Å². The van der Waals surface area contributed by atoms with Crippen molar-refractivity contribution >= 4 is 17.6 Å². The van der Waals surface area contributed by atoms with Gasteiger partial charge < -0.3 is 24.3 Å². The maximum atomic E-state index is 13.4. The monoisotopic (exact) mass is 481 g/mol. The Morgan fingerprint density at radius 3 is 2.46 bits per heavy atom. The van der Waals surface area contributed by atoms with Crippen molar-refractivity contribution in [3.05, 3.63) is 89.6 Å². The minimum atomic E-state index is -0.358. The molecule has 0 aliphatic heterocycles. The molecular formula is C27H32FN3O4. The number of urea groups is 1. The highest BCUT2D eigenvalue weighted by atomic mass is 19.1. The molecule has 3 rings (SSSR count). The molecule has 1 N–H and O–H groups in total. The molecule has 0 aliphatic rings. The number of carbonyl (C=O) groups is 2. The summed E-state index contributed by atoms with van der Waals surface area (Å²) in [5.41, 5.74) is 2.40. The zero-order valence-corrected chi connectivity index (χ0v) is 20.2. The Morgan fingerprint density at radius 2 is 1.77 bits per heavy atom. The molecule has 0 fully saturated rings. The van der Waals surface area contributed by atoms with Crippen LogP contribution >= 0.6 is 0 Å². The van der Waals surface area contributed by atoms with E-state index in [0.29, 0.717) is 37.6 Å². The molecule has 1 aromatic heterocycles. The molecule has 0 bridgehead atoms. The zero-order valence-electron chi connectivity index (χ0n) is 20.2. The number of benzene rings is 2. The smallest absolute Gasteiger partial charge is 0.322 e. The van der Waals surface area contributed by atoms with Crippen molar-refractivity contribution in [3.63, 3.8) is 0 Å². The highest BCUT2D eigenvalue weighted by Gasteiger charge is 2.23. The van der Waals surface area contributed by atoms with Crippen molar-refractivity contribution in [2.75, 3.05) is 31.6 Å². The molecule has 3 amide bonds. The summed E-state index contributed by atoms with van der Waals surface area (Å²) in [6, 6.07) is 16.7. The molecule has 186 valence electrons. The lowest BCUT2D eigenvalue weighted by Crippen LogP contribution is -2.44. The number of nitrogens with zero attached hydrogens (tertiary/aromatic N) is 2. The number of carbonyl (C=O) groups excluding carboxylic acids is 2. The van der Waals surface area contributed by atoms with E-state index in [1.165, 1.54) is 17.0 Å². The van der Waals surface area contributed by atoms with Gasteiger partial charge in [0, 0.05) is 32.0 Å². The summed E-state index contributed by atoms with van der Waals surface area (Å²) in [7, 11) is 0. The Balaban J connectivity index is 1.75. The summed E-state index contributed by atoms with van der Waals surface area (Å²) in [4.78, 5) is 29.7. The molecule has 0 saturated carbocycles. The van der Waals surface area contributed by atoms with Crippen LogP contribution in [0.3, 0.4) is 0 Å². The van der Waals surface area contributed by atoms with Crippen LogP contribution in [0.25, 0.3) is 0 Å². The number of rotatable bonds is 12. The highest BCUT2D eigenvalue weighted by Crippen LogP contribution is 2.16. The minimum Gasteiger partial charge on any atom is -0.467 e. The SMILES string of the molecule is CCOCCCN(CC(=O)N(Cc1ccc(F)cc1)Cc1ccco1)C(=O)Nc1ccccc1C. The van der Waals surface area contributed by atoms with E-state index in [9.17, 15) is 14.0 Å². The summed E-state index contributed by atoms with van der Waals surface area (Å²) in [6.45, 7) is 5.62. The van der Waals surface area contributed by atoms with Gasteiger partial charge >= 0.3 is 6.03 Å². The number of aryl methyl sites for hydroxylation is 1. The Morgan fingerprint density at radius 1 is 1.00 bits per heavy atom. The second-order valence-corrected chi connectivity index (χ2v) is 8.17. The maximum absolute atomic E-state index is 13.4. The fourth-order valence-corrected chi connectivity index (χ4v) is 3.56. The number of anilines is 1. The number of amides is 3. The van der Waals surface area contributed by atoms with Gasteiger partial charge in [-0.3, -0.25) is 4.79 Å². The van der Waals surface area contributed by atoms with Crippen molar-refractivity contribution in [1.29, 1.82) is 0 Å². The standard InChI is InChI=1S/C27H32FN3O4/c1-3-34-16-7-15-30(27(33)29-25-10-5-4-8-21(25)2)20-26(32)31(19-24-9-6-17-35-24)18-22-11-13-23(28)14-12-22/h4-6,8-14,17H,3,7,15-16,18-20H2,1-2H3,(H,29,33). The van der Waals surface area contributed by atoms with Gasteiger partial charge in [0.05, 0.1) is 12.8 Å². The summed E-state index contributed by atoms with van der Waals surface area (Å²) >= 11 is 0. The highest BCUT2D eigenvalue weighted by molar-refractivity contribution is 5.93. The first-order chi connectivity index (χ1) is 17.0. The van der Waals surface area contributed by atoms with Gasteiger partial charge in [0.25, 0.3) is 0 Å². The van der Waals surface area contributed by atoms with Crippen molar-refractivity contribution < 1.29 is 23.1 Å². The molecule has 2 aromatic carbocycles. The molecule has 0 saturated heterocycles. The topological polar surface area (TPSA) is 75.0 Å². The lowest BCUT2D eigenvalue weighted by molar-refractivity contribution is -0.133. The van der Waals surface area contributed by atoms with Crippen molar-refractivity contribution in [2.24, 2.45) is 0 Å². The van der Waals surface area contributed by atoms with Crippen LogP contribution in [-0.4, -0.2) is 48.0 Å². The Hall–Kier alpha value is -3.65. The predicted molar refractivity (Wildman–Crippen MR) is 132 cm³/mol. The van der Waals surface area contributed by atoms with Crippen LogP contribution in [0.15, 0.2) is 71.3 Å². The molecule has 3 aromatic rings. The molecule has 8 heteroatoms. The number of hydrogen-bond donors (Lipinski definition) is 1. The van der Waals surface area contributed by atoms with E-state index in [1.807, 2.05) is 38.1 Å². The average molecular weight is 482 g/mol. The van der Waals surface area contributed by atoms with E-state index in [0.717, 1.165) is 11.1 Å². The summed E-state index contributed by atoms with van der Waals surface area (Å²) in [5, 5.41) is 2.91. The van der Waals surface area contributed by atoms with E-state index < -0.39 is 0 Å². The van der Waals surface area contributed by atoms with Crippen LogP contribution in [0.4, 0.5) is 14.9 Å². The zero-order chi connectivity index (χ0) is 25.0. The van der Waals surface area contributed by atoms with Gasteiger partial charge in [0.2, 0.25) is 5.91 Å². The predicted octanol–water partition coefficient (Wildman–Crippen LogP) is 5.22. The first-order valence-corrected chi connectivity index (χ1v) is 11.7. The molecule has 1 heterocycles. The van der Waals surface area contributed by atoms with Gasteiger partial charge in [-0.15, -0.1) is 0 Å². The fourth-order valence-electron chi connectivity index (χ4n) is 3.56. The quantitative estimate of drug-likeness (QED) is 0.360. The fraction of sp³-hybridized carbons (Fsp3) is 0.333. The minimum absolute atomic E-state index is 0.119. The molecule has 0 radical (unpaired) electrons. The van der Waals surface area contributed by atoms with Gasteiger partial charge in [0.1, 0.15) is 18.1 Å². The van der Waals surface area contributed by atoms with E-state index in [1.54, 1.807) is 35.4 Å². The van der Waals surface area contributed by atoms with Crippen LogP contribution in [0.2, 0.25) is 0 Å². The Bertz CT molecular complexity index is 1070. The molecule has 0 unspecified atom stereocenters. The summed E-state index contributed by atoms with van der Waals surface area (Å²) in [5.74, 6) is 0.0285. The Labute approximate surface area is 205 Å². The van der Waals surface area contributed by atoms with Crippen LogP contribution in [0, 0.1) is 12.7 Å². The van der Waals surface area contributed by atoms with E-state index in [4.69, 9.17) is 9.15 Å². The second kappa shape index (κ2) is 13.3. The number of hydrogen-bond acceptors (Lipinski definition) is 4. The lowest BCUT2D eigenvalue weighted by Gasteiger charge is -2.28. The third-order valence-corrected chi connectivity index (χ3v) is 5.49. The van der Waals surface area contributed by atoms with Crippen LogP contribution in [0.5, 0.6) is 0 Å². The van der Waals surface area contributed by atoms with Crippen LogP contribution in [-0.2, 0) is 22.6 Å². The van der Waals surface area contributed by atoms with E-state index >= 15 is 0 Å². The normalized spacial score (nSPS) is 10.7. The molecule has 7 nitrogen and oxygen atoms in total. The number of halogens is 1. The third-order valence-electron chi connectivity index (χ3n) is 5.49. The number of furan rings is 1. The van der Waals surface area contributed by atoms with Gasteiger partial charge in [0.15, 0.2) is 0 Å². The Kier molecular flexibility index (Phi) is 9.86. The molecule has 0 aliphatic carbocycles. The molecule has 0 atom stereocenters. The van der Waals surface area contributed by atoms with Gasteiger partial charge in [-0.05, 0) is 61.7 Å². The summed E-state index contributed by atoms with van der Waals surface area (Å²) in [6.07, 6.45) is 2.14. The lowest BCUT2D eigenvalue weighted by atomic mass is 10.2. The molecule has 0 spiro atoms. The van der Waals surface area contributed by atoms with E-state index in [-0.39, 0.29) is 37.4 Å². The molecule has 35 heavy (non-hydrogen) atoms. The van der Waals surface area contributed by atoms with Crippen molar-refractivity contribution in [2.45, 2.75) is 33.4 Å². The van der Waals surface area contributed by atoms with Gasteiger partial charge in [-0.25, -0.2) is 9.18 Å². The first kappa shape index (κ1) is 26.0. The first-order valence-electron chi connectivity index (χ1n) is 11.7. The largest absolute Gasteiger partial charge is 0.467 e. The number of para-hydroxylation sites is 1. The van der Waals surface area contributed by atoms with Crippen molar-refractivity contribution in [3.8, 4) is 0 Å². The van der Waals surface area contributed by atoms with Crippen LogP contribution < -0.4 is 5.32 Å². The third kappa shape index (κ3) is 8.26. The van der Waals surface area contributed by atoms with Crippen molar-refractivity contribution in [1.82, 2.24) is 9.80 Å². The summed E-state index contributed by atoms with van der Waals surface area (Å²) < 4.78 is 24.2. The van der Waals surface area contributed by atoms with E-state index in [2.05, 4.69) is 5.32 Å².